The summed E-state index contributed by atoms with van der Waals surface area (Å²) in [7, 11) is 0. The lowest BCUT2D eigenvalue weighted by atomic mass is 9.70. The van der Waals surface area contributed by atoms with Crippen molar-refractivity contribution in [2.45, 2.75) is 72.0 Å². The first-order valence-corrected chi connectivity index (χ1v) is 10.4. The summed E-state index contributed by atoms with van der Waals surface area (Å²) in [5.41, 5.74) is 0.497. The first-order chi connectivity index (χ1) is 12.3. The summed E-state index contributed by atoms with van der Waals surface area (Å²) in [5.74, 6) is 0.716. The van der Waals surface area contributed by atoms with Crippen molar-refractivity contribution in [2.24, 2.45) is 22.7 Å². The van der Waals surface area contributed by atoms with E-state index in [2.05, 4.69) is 25.7 Å². The van der Waals surface area contributed by atoms with E-state index in [1.54, 1.807) is 0 Å². The van der Waals surface area contributed by atoms with Crippen molar-refractivity contribution in [1.82, 2.24) is 4.90 Å². The Labute approximate surface area is 158 Å². The molecule has 5 heteroatoms. The van der Waals surface area contributed by atoms with Crippen LogP contribution in [0.2, 0.25) is 0 Å². The third-order valence-electron chi connectivity index (χ3n) is 7.27. The molecule has 1 heterocycles. The summed E-state index contributed by atoms with van der Waals surface area (Å²) >= 11 is 0. The van der Waals surface area contributed by atoms with Gasteiger partial charge in [0, 0.05) is 6.54 Å². The number of β-amino-alcohol motifs (C(OH)–C–C–N with tert-alkyl or cyclic N) is 1. The molecule has 5 nitrogen and oxygen atoms in total. The number of carbonyl (C=O) groups excluding carboxylic acids is 1. The molecule has 4 atom stereocenters. The monoisotopic (exact) mass is 367 g/mol. The van der Waals surface area contributed by atoms with E-state index in [0.29, 0.717) is 19.8 Å². The van der Waals surface area contributed by atoms with Gasteiger partial charge in [0.2, 0.25) is 0 Å². The molecule has 0 aromatic rings. The summed E-state index contributed by atoms with van der Waals surface area (Å²) in [5, 5.41) is 10.5. The van der Waals surface area contributed by atoms with Crippen LogP contribution in [-0.2, 0) is 14.3 Å². The molecule has 0 aromatic carbocycles. The first kappa shape index (κ1) is 20.1. The summed E-state index contributed by atoms with van der Waals surface area (Å²) in [6.07, 6.45) is 5.27. The molecule has 0 amide bonds. The van der Waals surface area contributed by atoms with Crippen LogP contribution in [0.4, 0.5) is 0 Å². The average Bonchev–Trinajstić information content (AvgIpc) is 3.06. The number of nitrogens with zero attached hydrogens (tertiary/aromatic N) is 1. The van der Waals surface area contributed by atoms with Crippen LogP contribution in [0, 0.1) is 22.7 Å². The average molecular weight is 368 g/mol. The van der Waals surface area contributed by atoms with Crippen LogP contribution in [0.3, 0.4) is 0 Å². The van der Waals surface area contributed by atoms with Crippen molar-refractivity contribution in [1.29, 1.82) is 0 Å². The van der Waals surface area contributed by atoms with Gasteiger partial charge in [-0.15, -0.1) is 0 Å². The highest BCUT2D eigenvalue weighted by Gasteiger charge is 2.60. The maximum absolute atomic E-state index is 11.8. The molecule has 0 aromatic heterocycles. The Morgan fingerprint density at radius 2 is 1.92 bits per heavy atom. The SMILES string of the molecule is CCOC(=O)C1CCN(C[C@@H](O)CO[C@@H]2C(C)(C)[C@@H]3CC[C@]2(C)C3)CC1. The van der Waals surface area contributed by atoms with Gasteiger partial charge < -0.3 is 19.5 Å². The van der Waals surface area contributed by atoms with Crippen LogP contribution in [0.5, 0.6) is 0 Å². The highest BCUT2D eigenvalue weighted by atomic mass is 16.5. The number of hydrogen-bond acceptors (Lipinski definition) is 5. The molecule has 2 bridgehead atoms. The molecule has 2 saturated carbocycles. The van der Waals surface area contributed by atoms with E-state index in [4.69, 9.17) is 9.47 Å². The molecule has 0 unspecified atom stereocenters. The molecular formula is C21H37NO4. The zero-order valence-electron chi connectivity index (χ0n) is 17.0. The van der Waals surface area contributed by atoms with Gasteiger partial charge in [-0.2, -0.15) is 0 Å². The third-order valence-corrected chi connectivity index (χ3v) is 7.27. The standard InChI is InChI=1S/C21H37NO4/c1-5-25-18(24)15-7-10-22(11-8-15)13-17(23)14-26-19-20(2,3)16-6-9-21(19,4)12-16/h15-17,19,23H,5-14H2,1-4H3/t16-,17-,19-,21-/m1/s1. The number of rotatable bonds is 7. The Morgan fingerprint density at radius 1 is 1.23 bits per heavy atom. The van der Waals surface area contributed by atoms with E-state index < -0.39 is 6.10 Å². The van der Waals surface area contributed by atoms with E-state index in [1.807, 2.05) is 6.92 Å². The van der Waals surface area contributed by atoms with Gasteiger partial charge in [0.15, 0.2) is 0 Å². The Hall–Kier alpha value is -0.650. The lowest BCUT2D eigenvalue weighted by molar-refractivity contribution is -0.149. The van der Waals surface area contributed by atoms with E-state index in [-0.39, 0.29) is 28.8 Å². The predicted molar refractivity (Wildman–Crippen MR) is 101 cm³/mol. The molecule has 2 aliphatic carbocycles. The van der Waals surface area contributed by atoms with Crippen LogP contribution in [0.25, 0.3) is 0 Å². The van der Waals surface area contributed by atoms with Crippen LogP contribution >= 0.6 is 0 Å². The number of esters is 1. The summed E-state index contributed by atoms with van der Waals surface area (Å²) < 4.78 is 11.4. The number of hydrogen-bond donors (Lipinski definition) is 1. The highest BCUT2D eigenvalue weighted by molar-refractivity contribution is 5.72. The molecule has 1 aliphatic heterocycles. The number of aliphatic hydroxyl groups excluding tert-OH is 1. The highest BCUT2D eigenvalue weighted by Crippen LogP contribution is 2.63. The first-order valence-electron chi connectivity index (χ1n) is 10.4. The Kier molecular flexibility index (Phi) is 6.00. The van der Waals surface area contributed by atoms with E-state index >= 15 is 0 Å². The number of aliphatic hydroxyl groups is 1. The minimum Gasteiger partial charge on any atom is -0.466 e. The normalized spacial score (nSPS) is 35.6. The molecule has 0 spiro atoms. The summed E-state index contributed by atoms with van der Waals surface area (Å²) in [6.45, 7) is 12.0. The topological polar surface area (TPSA) is 59.0 Å². The fourth-order valence-corrected chi connectivity index (χ4v) is 5.84. The van der Waals surface area contributed by atoms with Crippen molar-refractivity contribution in [3.63, 3.8) is 0 Å². The zero-order chi connectivity index (χ0) is 18.9. The molecule has 3 rings (SSSR count). The van der Waals surface area contributed by atoms with Crippen LogP contribution in [0.15, 0.2) is 0 Å². The zero-order valence-corrected chi connectivity index (χ0v) is 17.0. The van der Waals surface area contributed by atoms with Gasteiger partial charge >= 0.3 is 5.97 Å². The van der Waals surface area contributed by atoms with E-state index in [9.17, 15) is 9.90 Å². The molecule has 3 fully saturated rings. The Morgan fingerprint density at radius 3 is 2.50 bits per heavy atom. The van der Waals surface area contributed by atoms with E-state index in [1.165, 1.54) is 19.3 Å². The third kappa shape index (κ3) is 3.95. The maximum Gasteiger partial charge on any atom is 0.309 e. The summed E-state index contributed by atoms with van der Waals surface area (Å²) in [6, 6.07) is 0. The molecule has 3 aliphatic rings. The van der Waals surface area contributed by atoms with Gasteiger partial charge in [-0.3, -0.25) is 4.79 Å². The molecule has 1 N–H and O–H groups in total. The van der Waals surface area contributed by atoms with Gasteiger partial charge in [-0.05, 0) is 68.9 Å². The van der Waals surface area contributed by atoms with E-state index in [0.717, 1.165) is 31.8 Å². The molecular weight excluding hydrogens is 330 g/mol. The van der Waals surface area contributed by atoms with Crippen molar-refractivity contribution in [3.05, 3.63) is 0 Å². The van der Waals surface area contributed by atoms with Crippen molar-refractivity contribution in [2.75, 3.05) is 32.8 Å². The Bertz CT molecular complexity index is 495. The minimum absolute atomic E-state index is 0.0226. The largest absolute Gasteiger partial charge is 0.466 e. The van der Waals surface area contributed by atoms with Crippen LogP contribution < -0.4 is 0 Å². The summed E-state index contributed by atoms with van der Waals surface area (Å²) in [4.78, 5) is 14.1. The van der Waals surface area contributed by atoms with Crippen LogP contribution in [0.1, 0.15) is 59.8 Å². The molecule has 1 saturated heterocycles. The lowest BCUT2D eigenvalue weighted by Gasteiger charge is -2.42. The van der Waals surface area contributed by atoms with Gasteiger partial charge in [0.25, 0.3) is 0 Å². The second kappa shape index (κ2) is 7.76. The van der Waals surface area contributed by atoms with Gasteiger partial charge in [-0.25, -0.2) is 0 Å². The minimum atomic E-state index is -0.465. The predicted octanol–water partition coefficient (Wildman–Crippen LogP) is 2.85. The second-order valence-corrected chi connectivity index (χ2v) is 9.61. The fraction of sp³-hybridized carbons (Fsp3) is 0.952. The fourth-order valence-electron chi connectivity index (χ4n) is 5.84. The molecule has 0 radical (unpaired) electrons. The maximum atomic E-state index is 11.8. The number of fused-ring (bicyclic) bond motifs is 2. The van der Waals surface area contributed by atoms with Crippen molar-refractivity contribution >= 4 is 5.97 Å². The van der Waals surface area contributed by atoms with Crippen molar-refractivity contribution in [3.8, 4) is 0 Å². The number of carbonyl (C=O) groups is 1. The molecule has 150 valence electrons. The smallest absolute Gasteiger partial charge is 0.309 e. The number of piperidine rings is 1. The van der Waals surface area contributed by atoms with Crippen LogP contribution in [-0.4, -0.2) is 61.0 Å². The lowest BCUT2D eigenvalue weighted by Crippen LogP contribution is -2.46. The second-order valence-electron chi connectivity index (χ2n) is 9.61. The van der Waals surface area contributed by atoms with Gasteiger partial charge in [-0.1, -0.05) is 20.8 Å². The van der Waals surface area contributed by atoms with Gasteiger partial charge in [0.1, 0.15) is 0 Å². The van der Waals surface area contributed by atoms with Crippen molar-refractivity contribution < 1.29 is 19.4 Å². The quantitative estimate of drug-likeness (QED) is 0.701. The number of likely N-dealkylation sites (tertiary alicyclic amines) is 1. The van der Waals surface area contributed by atoms with Gasteiger partial charge in [0.05, 0.1) is 31.3 Å². The Balaban J connectivity index is 1.41. The molecule has 26 heavy (non-hydrogen) atoms. The number of ether oxygens (including phenoxy) is 2.